The zero-order chi connectivity index (χ0) is 9.54. The fourth-order valence-corrected chi connectivity index (χ4v) is 1.80. The van der Waals surface area contributed by atoms with Crippen molar-refractivity contribution in [3.8, 4) is 0 Å². The first-order valence-electron chi connectivity index (χ1n) is 4.55. The fourth-order valence-electron chi connectivity index (χ4n) is 1.80. The quantitative estimate of drug-likeness (QED) is 0.581. The van der Waals surface area contributed by atoms with E-state index < -0.39 is 0 Å². The molecule has 2 aromatic heterocycles. The second-order valence-corrected chi connectivity index (χ2v) is 3.37. The molecule has 3 nitrogen and oxygen atoms in total. The van der Waals surface area contributed by atoms with Crippen LogP contribution in [0.1, 0.15) is 5.69 Å². The molecule has 2 heterocycles. The Morgan fingerprint density at radius 1 is 1.14 bits per heavy atom. The van der Waals surface area contributed by atoms with Crippen LogP contribution in [0.2, 0.25) is 0 Å². The van der Waals surface area contributed by atoms with Crippen molar-refractivity contribution in [3.05, 3.63) is 36.2 Å². The Kier molecular flexibility index (Phi) is 1.36. The van der Waals surface area contributed by atoms with Crippen molar-refractivity contribution < 1.29 is 0 Å². The van der Waals surface area contributed by atoms with Crippen LogP contribution >= 0.6 is 0 Å². The molecule has 0 spiro atoms. The van der Waals surface area contributed by atoms with Crippen LogP contribution in [0.4, 0.5) is 0 Å². The van der Waals surface area contributed by atoms with Crippen LogP contribution < -0.4 is 0 Å². The van der Waals surface area contributed by atoms with Crippen molar-refractivity contribution in [1.29, 1.82) is 0 Å². The molecule has 0 saturated heterocycles. The number of para-hydroxylation sites is 1. The normalized spacial score (nSPS) is 11.2. The minimum Gasteiger partial charge on any atom is -0.276 e. The van der Waals surface area contributed by atoms with Crippen LogP contribution in [0.5, 0.6) is 0 Å². The van der Waals surface area contributed by atoms with Crippen LogP contribution in [0.3, 0.4) is 0 Å². The number of fused-ring (bicyclic) bond motifs is 3. The highest BCUT2D eigenvalue weighted by molar-refractivity contribution is 6.04. The van der Waals surface area contributed by atoms with Crippen LogP contribution in [-0.2, 0) is 0 Å². The summed E-state index contributed by atoms with van der Waals surface area (Å²) < 4.78 is 0. The van der Waals surface area contributed by atoms with E-state index in [1.165, 1.54) is 0 Å². The third-order valence-electron chi connectivity index (χ3n) is 2.48. The minimum atomic E-state index is 0.996. The van der Waals surface area contributed by atoms with E-state index >= 15 is 0 Å². The number of hydrogen-bond donors (Lipinski definition) is 1. The van der Waals surface area contributed by atoms with E-state index in [4.69, 9.17) is 0 Å². The fraction of sp³-hybridized carbons (Fsp3) is 0.0909. The Morgan fingerprint density at radius 2 is 2.00 bits per heavy atom. The van der Waals surface area contributed by atoms with Crippen LogP contribution in [-0.4, -0.2) is 15.2 Å². The molecule has 0 aliphatic carbocycles. The summed E-state index contributed by atoms with van der Waals surface area (Å²) in [6.45, 7) is 1.99. The minimum absolute atomic E-state index is 0.996. The summed E-state index contributed by atoms with van der Waals surface area (Å²) in [4.78, 5) is 4.50. The maximum atomic E-state index is 4.50. The SMILES string of the molecule is Cc1nc2ccccc2c2cn[nH]c12. The first-order valence-corrected chi connectivity index (χ1v) is 4.55. The first-order chi connectivity index (χ1) is 6.86. The molecule has 0 aliphatic rings. The summed E-state index contributed by atoms with van der Waals surface area (Å²) in [7, 11) is 0. The molecule has 1 aromatic carbocycles. The first kappa shape index (κ1) is 7.50. The van der Waals surface area contributed by atoms with Gasteiger partial charge in [-0.15, -0.1) is 0 Å². The van der Waals surface area contributed by atoms with Gasteiger partial charge in [0.1, 0.15) is 0 Å². The van der Waals surface area contributed by atoms with E-state index in [2.05, 4.69) is 21.2 Å². The van der Waals surface area contributed by atoms with E-state index in [-0.39, 0.29) is 0 Å². The lowest BCUT2D eigenvalue weighted by molar-refractivity contribution is 1.10. The van der Waals surface area contributed by atoms with Gasteiger partial charge in [-0.25, -0.2) is 0 Å². The van der Waals surface area contributed by atoms with E-state index in [9.17, 15) is 0 Å². The lowest BCUT2D eigenvalue weighted by atomic mass is 10.1. The Balaban J connectivity index is 2.66. The topological polar surface area (TPSA) is 41.6 Å². The summed E-state index contributed by atoms with van der Waals surface area (Å²) in [5, 5.41) is 9.32. The molecule has 0 unspecified atom stereocenters. The monoisotopic (exact) mass is 183 g/mol. The predicted octanol–water partition coefficient (Wildman–Crippen LogP) is 2.42. The molecule has 0 atom stereocenters. The van der Waals surface area contributed by atoms with Gasteiger partial charge in [0.15, 0.2) is 0 Å². The number of H-pyrrole nitrogens is 1. The summed E-state index contributed by atoms with van der Waals surface area (Å²) in [5.74, 6) is 0. The number of nitrogens with one attached hydrogen (secondary N) is 1. The summed E-state index contributed by atoms with van der Waals surface area (Å²) in [6, 6.07) is 8.11. The molecule has 1 N–H and O–H groups in total. The summed E-state index contributed by atoms with van der Waals surface area (Å²) >= 11 is 0. The molecule has 3 heteroatoms. The average molecular weight is 183 g/mol. The molecule has 3 rings (SSSR count). The number of aryl methyl sites for hydroxylation is 1. The number of pyridine rings is 1. The number of nitrogens with zero attached hydrogens (tertiary/aromatic N) is 2. The zero-order valence-electron chi connectivity index (χ0n) is 7.78. The molecule has 0 saturated carbocycles. The van der Waals surface area contributed by atoms with Crippen molar-refractivity contribution in [2.24, 2.45) is 0 Å². The standard InChI is InChI=1S/C11H9N3/c1-7-11-9(6-12-14-11)8-4-2-3-5-10(8)13-7/h2-6H,1H3,(H,12,14). The van der Waals surface area contributed by atoms with Crippen LogP contribution in [0, 0.1) is 6.92 Å². The Bertz CT molecular complexity index is 610. The molecule has 14 heavy (non-hydrogen) atoms. The largest absolute Gasteiger partial charge is 0.276 e. The molecule has 3 aromatic rings. The molecule has 68 valence electrons. The molecular formula is C11H9N3. The molecular weight excluding hydrogens is 174 g/mol. The van der Waals surface area contributed by atoms with E-state index in [1.54, 1.807) is 0 Å². The lowest BCUT2D eigenvalue weighted by Gasteiger charge is -2.00. The maximum absolute atomic E-state index is 4.50. The van der Waals surface area contributed by atoms with E-state index in [0.29, 0.717) is 0 Å². The van der Waals surface area contributed by atoms with Gasteiger partial charge in [0.25, 0.3) is 0 Å². The zero-order valence-corrected chi connectivity index (χ0v) is 7.78. The van der Waals surface area contributed by atoms with Crippen molar-refractivity contribution >= 4 is 21.8 Å². The Hall–Kier alpha value is -1.90. The number of aromatic amines is 1. The highest BCUT2D eigenvalue weighted by Crippen LogP contribution is 2.23. The van der Waals surface area contributed by atoms with Gasteiger partial charge in [0.2, 0.25) is 0 Å². The predicted molar refractivity (Wildman–Crippen MR) is 56.1 cm³/mol. The van der Waals surface area contributed by atoms with Gasteiger partial charge in [0, 0.05) is 10.8 Å². The number of benzene rings is 1. The maximum Gasteiger partial charge on any atom is 0.0869 e. The molecule has 0 amide bonds. The van der Waals surface area contributed by atoms with Gasteiger partial charge < -0.3 is 0 Å². The van der Waals surface area contributed by atoms with Gasteiger partial charge in [-0.05, 0) is 13.0 Å². The number of aromatic nitrogens is 3. The van der Waals surface area contributed by atoms with Crippen molar-refractivity contribution in [2.45, 2.75) is 6.92 Å². The van der Waals surface area contributed by atoms with Gasteiger partial charge in [-0.3, -0.25) is 10.1 Å². The van der Waals surface area contributed by atoms with Gasteiger partial charge >= 0.3 is 0 Å². The summed E-state index contributed by atoms with van der Waals surface area (Å²) in [6.07, 6.45) is 1.85. The van der Waals surface area contributed by atoms with Gasteiger partial charge in [-0.1, -0.05) is 18.2 Å². The second-order valence-electron chi connectivity index (χ2n) is 3.37. The van der Waals surface area contributed by atoms with Crippen LogP contribution in [0.25, 0.3) is 21.8 Å². The smallest absolute Gasteiger partial charge is 0.0869 e. The van der Waals surface area contributed by atoms with Crippen molar-refractivity contribution in [1.82, 2.24) is 15.2 Å². The second kappa shape index (κ2) is 2.54. The third kappa shape index (κ3) is 0.865. The van der Waals surface area contributed by atoms with Gasteiger partial charge in [-0.2, -0.15) is 5.10 Å². The number of rotatable bonds is 0. The third-order valence-corrected chi connectivity index (χ3v) is 2.48. The molecule has 0 radical (unpaired) electrons. The average Bonchev–Trinajstić information content (AvgIpc) is 2.67. The van der Waals surface area contributed by atoms with E-state index in [0.717, 1.165) is 27.5 Å². The highest BCUT2D eigenvalue weighted by atomic mass is 15.1. The van der Waals surface area contributed by atoms with Gasteiger partial charge in [0.05, 0.1) is 22.9 Å². The Morgan fingerprint density at radius 3 is 2.93 bits per heavy atom. The number of hydrogen-bond acceptors (Lipinski definition) is 2. The molecule has 0 bridgehead atoms. The van der Waals surface area contributed by atoms with Crippen LogP contribution in [0.15, 0.2) is 30.5 Å². The molecule has 0 aliphatic heterocycles. The van der Waals surface area contributed by atoms with Crippen molar-refractivity contribution in [3.63, 3.8) is 0 Å². The Labute approximate surface area is 80.8 Å². The summed E-state index contributed by atoms with van der Waals surface area (Å²) in [5.41, 5.74) is 3.05. The lowest BCUT2D eigenvalue weighted by Crippen LogP contribution is -1.85. The van der Waals surface area contributed by atoms with Crippen molar-refractivity contribution in [2.75, 3.05) is 0 Å². The highest BCUT2D eigenvalue weighted by Gasteiger charge is 2.05. The molecule has 0 fully saturated rings. The van der Waals surface area contributed by atoms with E-state index in [1.807, 2.05) is 31.3 Å².